The maximum Gasteiger partial charge on any atom is 0.222 e. The molecule has 6 rings (SSSR count). The number of benzene rings is 3. The summed E-state index contributed by atoms with van der Waals surface area (Å²) in [6.45, 7) is 8.94. The van der Waals surface area contributed by atoms with Crippen LogP contribution in [0.5, 0.6) is 5.75 Å². The third-order valence-electron chi connectivity index (χ3n) is 10.8. The third kappa shape index (κ3) is 11.7. The highest BCUT2D eigenvalue weighted by Gasteiger charge is 2.35. The Balaban J connectivity index is 0.914. The molecule has 2 aliphatic heterocycles. The van der Waals surface area contributed by atoms with Crippen LogP contribution < -0.4 is 20.9 Å². The van der Waals surface area contributed by atoms with Crippen LogP contribution in [-0.2, 0) is 16.1 Å². The van der Waals surface area contributed by atoms with Gasteiger partial charge in [0.25, 0.3) is 0 Å². The molecule has 1 saturated heterocycles. The van der Waals surface area contributed by atoms with Crippen molar-refractivity contribution in [2.24, 2.45) is 4.99 Å². The van der Waals surface area contributed by atoms with Gasteiger partial charge in [-0.25, -0.2) is 0 Å². The molecule has 6 N–H and O–H groups in total. The lowest BCUT2D eigenvalue weighted by Gasteiger charge is -2.32. The first-order valence-electron chi connectivity index (χ1n) is 20.3. The summed E-state index contributed by atoms with van der Waals surface area (Å²) in [5, 5.41) is 39.3. The number of carbonyl (C=O) groups excluding carboxylic acids is 2. The van der Waals surface area contributed by atoms with E-state index in [1.54, 1.807) is 24.0 Å². The van der Waals surface area contributed by atoms with Crippen LogP contribution in [0.25, 0.3) is 0 Å². The maximum atomic E-state index is 13.2. The number of unbranched alkanes of at least 4 members (excludes halogenated alkanes) is 2. The molecular formula is C46H52ClIN8O3S. The molecule has 1 aromatic heterocycles. The van der Waals surface area contributed by atoms with Gasteiger partial charge in [-0.3, -0.25) is 35.2 Å². The number of amidine groups is 2. The van der Waals surface area contributed by atoms with Gasteiger partial charge in [-0.05, 0) is 111 Å². The van der Waals surface area contributed by atoms with Crippen molar-refractivity contribution in [3.63, 3.8) is 0 Å². The van der Waals surface area contributed by atoms with Crippen molar-refractivity contribution in [2.45, 2.75) is 84.3 Å². The fraction of sp³-hybridized carbons (Fsp3) is 0.370. The number of carbonyl (C=O) groups is 2. The summed E-state index contributed by atoms with van der Waals surface area (Å²) in [7, 11) is 0. The van der Waals surface area contributed by atoms with Crippen LogP contribution in [0.3, 0.4) is 0 Å². The number of fused-ring (bicyclic) bond motifs is 1. The highest BCUT2D eigenvalue weighted by Crippen LogP contribution is 2.40. The number of piperidine rings is 1. The van der Waals surface area contributed by atoms with E-state index in [4.69, 9.17) is 27.4 Å². The van der Waals surface area contributed by atoms with Gasteiger partial charge < -0.3 is 21.1 Å². The number of anilines is 2. The zero-order chi connectivity index (χ0) is 42.8. The first kappa shape index (κ1) is 44.8. The fourth-order valence-corrected chi connectivity index (χ4v) is 9.46. The zero-order valence-electron chi connectivity index (χ0n) is 34.3. The minimum Gasteiger partial charge on any atom is -0.507 e. The van der Waals surface area contributed by atoms with Gasteiger partial charge in [-0.2, -0.15) is 0 Å². The summed E-state index contributed by atoms with van der Waals surface area (Å²) in [5.74, 6) is 6.81. The van der Waals surface area contributed by atoms with Crippen LogP contribution in [0.15, 0.2) is 71.7 Å². The van der Waals surface area contributed by atoms with Gasteiger partial charge in [-0.15, -0.1) is 11.3 Å². The van der Waals surface area contributed by atoms with Crippen LogP contribution in [-0.4, -0.2) is 77.5 Å². The summed E-state index contributed by atoms with van der Waals surface area (Å²) < 4.78 is 0.777. The molecular weight excluding hydrogens is 907 g/mol. The van der Waals surface area contributed by atoms with E-state index in [9.17, 15) is 14.7 Å². The number of nitrogens with one attached hydrogen (secondary N) is 5. The average molecular weight is 959 g/mol. The van der Waals surface area contributed by atoms with Gasteiger partial charge in [0.2, 0.25) is 11.8 Å². The van der Waals surface area contributed by atoms with Crippen molar-refractivity contribution in [1.82, 2.24) is 15.5 Å². The minimum atomic E-state index is -0.786. The largest absolute Gasteiger partial charge is 0.507 e. The van der Waals surface area contributed by atoms with Crippen LogP contribution in [0.2, 0.25) is 5.02 Å². The summed E-state index contributed by atoms with van der Waals surface area (Å²) in [5.41, 5.74) is 6.17. The Hall–Kier alpha value is -4.75. The van der Waals surface area contributed by atoms with Gasteiger partial charge in [0.15, 0.2) is 0 Å². The van der Waals surface area contributed by atoms with Crippen LogP contribution in [0, 0.1) is 40.1 Å². The molecule has 2 aliphatic rings. The fourth-order valence-electron chi connectivity index (χ4n) is 7.42. The standard InChI is InChI=1S/C46H52ClIN8O3S/c1-29-30(2)60-46-42(29)43(33-15-17-35(47)18-16-33)54-39(45(50)56(46)31(3)49)27-41(58)52-21-9-5-8-14-40(57)53-37-19-23-55(24-20-37)28-34-25-32(26-38(48)44(34)59)11-10-22-51-36-12-6-4-7-13-36/h4,6-7,12-13,15-18,25-26,37,39,49-51,59H,5,8-9,14,19-24,27-28H2,1-3H3,(H,52,58)(H,53,57)/t39-/m0/s1. The molecule has 11 nitrogen and oxygen atoms in total. The SMILES string of the molecule is CC(=N)N1C(=N)[C@H](CC(=O)NCCCCCC(=O)NC2CCN(Cc3cc(C#CCNc4ccccc4)cc(I)c3O)CC2)N=C(c2ccc(Cl)cc2)c2c1sc(C)c2C. The van der Waals surface area contributed by atoms with Crippen LogP contribution in [0.4, 0.5) is 10.7 Å². The number of para-hydroxylation sites is 1. The first-order chi connectivity index (χ1) is 28.9. The number of phenolic OH excluding ortho intramolecular Hbond substituents is 1. The maximum absolute atomic E-state index is 13.2. The van der Waals surface area contributed by atoms with E-state index in [1.807, 2.05) is 68.4 Å². The Kier molecular flexibility index (Phi) is 15.8. The number of aryl methyl sites for hydroxylation is 1. The summed E-state index contributed by atoms with van der Waals surface area (Å²) in [6, 6.07) is 20.6. The molecule has 1 fully saturated rings. The number of aliphatic imine (C=N–C) groups is 1. The molecule has 314 valence electrons. The van der Waals surface area contributed by atoms with Gasteiger partial charge in [0.05, 0.1) is 22.2 Å². The molecule has 0 unspecified atom stereocenters. The molecule has 0 bridgehead atoms. The Morgan fingerprint density at radius 3 is 2.48 bits per heavy atom. The number of thiophene rings is 1. The van der Waals surface area contributed by atoms with E-state index < -0.39 is 6.04 Å². The number of hydrogen-bond donors (Lipinski definition) is 6. The number of hydrogen-bond acceptors (Lipinski definition) is 9. The highest BCUT2D eigenvalue weighted by atomic mass is 127. The molecule has 0 aliphatic carbocycles. The van der Waals surface area contributed by atoms with Gasteiger partial charge in [-0.1, -0.05) is 60.2 Å². The number of amides is 2. The number of halogens is 2. The molecule has 0 radical (unpaired) electrons. The van der Waals surface area contributed by atoms with Crippen molar-refractivity contribution in [3.05, 3.63) is 108 Å². The smallest absolute Gasteiger partial charge is 0.222 e. The minimum absolute atomic E-state index is 0.0249. The Morgan fingerprint density at radius 1 is 1.03 bits per heavy atom. The molecule has 2 amide bonds. The quantitative estimate of drug-likeness (QED) is 0.0244. The van der Waals surface area contributed by atoms with Crippen molar-refractivity contribution in [3.8, 4) is 17.6 Å². The van der Waals surface area contributed by atoms with Crippen molar-refractivity contribution >= 4 is 85.4 Å². The van der Waals surface area contributed by atoms with Crippen molar-refractivity contribution < 1.29 is 14.7 Å². The van der Waals surface area contributed by atoms with E-state index in [1.165, 1.54) is 11.3 Å². The van der Waals surface area contributed by atoms with Gasteiger partial charge in [0.1, 0.15) is 28.5 Å². The molecule has 1 atom stereocenters. The lowest BCUT2D eigenvalue weighted by atomic mass is 9.99. The zero-order valence-corrected chi connectivity index (χ0v) is 38.0. The Bertz CT molecular complexity index is 2300. The highest BCUT2D eigenvalue weighted by molar-refractivity contribution is 14.1. The van der Waals surface area contributed by atoms with E-state index in [0.29, 0.717) is 42.5 Å². The molecule has 14 heteroatoms. The van der Waals surface area contributed by atoms with Crippen molar-refractivity contribution in [1.29, 1.82) is 10.8 Å². The topological polar surface area (TPSA) is 157 Å². The molecule has 3 aromatic carbocycles. The molecule has 0 saturated carbocycles. The Morgan fingerprint density at radius 2 is 1.77 bits per heavy atom. The van der Waals surface area contributed by atoms with E-state index in [0.717, 1.165) is 92.1 Å². The summed E-state index contributed by atoms with van der Waals surface area (Å²) in [4.78, 5) is 36.1. The second kappa shape index (κ2) is 21.2. The number of likely N-dealkylation sites (tertiary alicyclic amines) is 1. The van der Waals surface area contributed by atoms with E-state index >= 15 is 0 Å². The summed E-state index contributed by atoms with van der Waals surface area (Å²) >= 11 is 9.88. The van der Waals surface area contributed by atoms with E-state index in [-0.39, 0.29) is 35.9 Å². The predicted octanol–water partition coefficient (Wildman–Crippen LogP) is 8.64. The number of aromatic hydroxyl groups is 1. The third-order valence-corrected chi connectivity index (χ3v) is 13.0. The number of phenols is 1. The lowest BCUT2D eigenvalue weighted by Crippen LogP contribution is -2.44. The molecule has 3 heterocycles. The second-order valence-electron chi connectivity index (χ2n) is 15.2. The second-order valence-corrected chi connectivity index (χ2v) is 18.0. The molecule has 4 aromatic rings. The van der Waals surface area contributed by atoms with Gasteiger partial charge in [0, 0.05) is 76.5 Å². The van der Waals surface area contributed by atoms with Crippen LogP contribution in [0.1, 0.15) is 84.6 Å². The normalized spacial score (nSPS) is 15.6. The molecule has 60 heavy (non-hydrogen) atoms. The van der Waals surface area contributed by atoms with Gasteiger partial charge >= 0.3 is 0 Å². The lowest BCUT2D eigenvalue weighted by molar-refractivity contribution is -0.122. The molecule has 0 spiro atoms. The van der Waals surface area contributed by atoms with Crippen LogP contribution >= 0.6 is 45.5 Å². The van der Waals surface area contributed by atoms with E-state index in [2.05, 4.69) is 55.3 Å². The number of nitrogens with zero attached hydrogens (tertiary/aromatic N) is 3. The summed E-state index contributed by atoms with van der Waals surface area (Å²) in [6.07, 6.45) is 4.32. The first-order valence-corrected chi connectivity index (χ1v) is 22.6. The van der Waals surface area contributed by atoms with Crippen molar-refractivity contribution in [2.75, 3.05) is 36.4 Å². The Labute approximate surface area is 375 Å². The predicted molar refractivity (Wildman–Crippen MR) is 253 cm³/mol. The monoisotopic (exact) mass is 958 g/mol. The number of rotatable bonds is 14. The average Bonchev–Trinajstić information content (AvgIpc) is 3.44.